The first-order chi connectivity index (χ1) is 17.8. The molecule has 0 atom stereocenters. The molecule has 0 aliphatic carbocycles. The molecule has 0 amide bonds. The second-order valence-electron chi connectivity index (χ2n) is 9.01. The monoisotopic (exact) mass is 461 g/mol. The van der Waals surface area contributed by atoms with Gasteiger partial charge in [0, 0.05) is 27.9 Å². The molecule has 4 heterocycles. The van der Waals surface area contributed by atoms with Crippen LogP contribution in [0.15, 0.2) is 115 Å². The molecule has 0 aliphatic rings. The van der Waals surface area contributed by atoms with Crippen LogP contribution >= 0.6 is 0 Å². The summed E-state index contributed by atoms with van der Waals surface area (Å²) in [5.41, 5.74) is 8.01. The number of rotatable bonds is 2. The van der Waals surface area contributed by atoms with Crippen LogP contribution in [-0.4, -0.2) is 23.9 Å². The Balaban J connectivity index is 1.53. The van der Waals surface area contributed by atoms with Crippen molar-refractivity contribution in [3.63, 3.8) is 0 Å². The second kappa shape index (κ2) is 7.23. The van der Waals surface area contributed by atoms with E-state index < -0.39 is 0 Å². The predicted molar refractivity (Wildman–Crippen MR) is 146 cm³/mol. The lowest BCUT2D eigenvalue weighted by atomic mass is 10.1. The van der Waals surface area contributed by atoms with Crippen LogP contribution in [0.2, 0.25) is 0 Å². The lowest BCUT2D eigenvalue weighted by Crippen LogP contribution is -2.03. The van der Waals surface area contributed by atoms with Crippen LogP contribution in [0.4, 0.5) is 0 Å². The zero-order chi connectivity index (χ0) is 23.6. The largest absolute Gasteiger partial charge is 0.297 e. The Morgan fingerprint density at radius 2 is 1.19 bits per heavy atom. The highest BCUT2D eigenvalue weighted by Crippen LogP contribution is 2.34. The van der Waals surface area contributed by atoms with Gasteiger partial charge in [0.15, 0.2) is 0 Å². The van der Waals surface area contributed by atoms with Gasteiger partial charge in [0.2, 0.25) is 5.95 Å². The number of hydrogen-bond acceptors (Lipinski definition) is 3. The summed E-state index contributed by atoms with van der Waals surface area (Å²) in [5, 5.41) is 3.32. The van der Waals surface area contributed by atoms with Gasteiger partial charge in [-0.3, -0.25) is 8.97 Å². The molecule has 8 rings (SSSR count). The van der Waals surface area contributed by atoms with Crippen molar-refractivity contribution in [1.82, 2.24) is 23.9 Å². The zero-order valence-corrected chi connectivity index (χ0v) is 19.2. The highest BCUT2D eigenvalue weighted by molar-refractivity contribution is 6.10. The van der Waals surface area contributed by atoms with E-state index in [2.05, 4.69) is 88.0 Å². The summed E-state index contributed by atoms with van der Waals surface area (Å²) in [5.74, 6) is 0.655. The molecule has 0 radical (unpaired) electrons. The third-order valence-electron chi connectivity index (χ3n) is 6.94. The lowest BCUT2D eigenvalue weighted by molar-refractivity contribution is 1.01. The molecular formula is C31H19N5. The molecule has 0 bridgehead atoms. The summed E-state index contributed by atoms with van der Waals surface area (Å²) in [6, 6.07) is 37.4. The second-order valence-corrected chi connectivity index (χ2v) is 9.01. The van der Waals surface area contributed by atoms with E-state index in [0.717, 1.165) is 60.6 Å². The molecule has 0 fully saturated rings. The van der Waals surface area contributed by atoms with Crippen LogP contribution in [-0.2, 0) is 0 Å². The predicted octanol–water partition coefficient (Wildman–Crippen LogP) is 7.19. The molecule has 0 aliphatic heterocycles. The Morgan fingerprint density at radius 1 is 0.500 bits per heavy atom. The third-order valence-corrected chi connectivity index (χ3v) is 6.94. The maximum Gasteiger partial charge on any atom is 0.235 e. The van der Waals surface area contributed by atoms with Crippen molar-refractivity contribution >= 4 is 49.4 Å². The van der Waals surface area contributed by atoms with Crippen molar-refractivity contribution in [3.05, 3.63) is 115 Å². The molecule has 0 unspecified atom stereocenters. The Morgan fingerprint density at radius 3 is 2.06 bits per heavy atom. The molecule has 4 aromatic heterocycles. The van der Waals surface area contributed by atoms with Gasteiger partial charge in [0.25, 0.3) is 0 Å². The van der Waals surface area contributed by atoms with E-state index in [4.69, 9.17) is 15.0 Å². The summed E-state index contributed by atoms with van der Waals surface area (Å²) in [4.78, 5) is 15.1. The molecular weight excluding hydrogens is 442 g/mol. The standard InChI is InChI=1S/C31H19N5/c1-2-10-20(11-3-1)30-22-13-4-6-14-24(22)33-31(34-30)36-26-16-8-5-12-21(26)23-18-29-32-25-15-7-9-17-27(25)35(29)19-28(23)36/h1-19H. The normalized spacial score (nSPS) is 11.9. The van der Waals surface area contributed by atoms with Gasteiger partial charge in [-0.2, -0.15) is 0 Å². The minimum absolute atomic E-state index is 0.655. The van der Waals surface area contributed by atoms with Crippen molar-refractivity contribution in [3.8, 4) is 17.2 Å². The number of imidazole rings is 1. The van der Waals surface area contributed by atoms with E-state index in [0.29, 0.717) is 5.95 Å². The van der Waals surface area contributed by atoms with Gasteiger partial charge in [-0.1, -0.05) is 78.9 Å². The van der Waals surface area contributed by atoms with Crippen LogP contribution in [0.25, 0.3) is 66.6 Å². The van der Waals surface area contributed by atoms with Crippen LogP contribution in [0.1, 0.15) is 0 Å². The topological polar surface area (TPSA) is 48.0 Å². The van der Waals surface area contributed by atoms with E-state index >= 15 is 0 Å². The van der Waals surface area contributed by atoms with Gasteiger partial charge in [-0.05, 0) is 30.3 Å². The van der Waals surface area contributed by atoms with E-state index in [9.17, 15) is 0 Å². The summed E-state index contributed by atoms with van der Waals surface area (Å²) >= 11 is 0. The van der Waals surface area contributed by atoms with Gasteiger partial charge in [0.05, 0.1) is 33.3 Å². The van der Waals surface area contributed by atoms with Gasteiger partial charge in [0.1, 0.15) is 5.65 Å². The first kappa shape index (κ1) is 19.3. The van der Waals surface area contributed by atoms with E-state index in [1.54, 1.807) is 0 Å². The summed E-state index contributed by atoms with van der Waals surface area (Å²) in [6.45, 7) is 0. The molecule has 168 valence electrons. The minimum atomic E-state index is 0.655. The number of fused-ring (bicyclic) bond motifs is 7. The molecule has 8 aromatic rings. The Bertz CT molecular complexity index is 2100. The first-order valence-electron chi connectivity index (χ1n) is 12.0. The summed E-state index contributed by atoms with van der Waals surface area (Å²) < 4.78 is 4.34. The van der Waals surface area contributed by atoms with Gasteiger partial charge >= 0.3 is 0 Å². The molecule has 4 aromatic carbocycles. The molecule has 5 nitrogen and oxygen atoms in total. The quantitative estimate of drug-likeness (QED) is 0.274. The molecule has 0 saturated heterocycles. The van der Waals surface area contributed by atoms with Crippen molar-refractivity contribution in [2.45, 2.75) is 0 Å². The number of benzene rings is 4. The van der Waals surface area contributed by atoms with Crippen molar-refractivity contribution in [1.29, 1.82) is 0 Å². The average molecular weight is 462 g/mol. The van der Waals surface area contributed by atoms with Gasteiger partial charge in [-0.25, -0.2) is 15.0 Å². The highest BCUT2D eigenvalue weighted by Gasteiger charge is 2.18. The fourth-order valence-electron chi connectivity index (χ4n) is 5.31. The lowest BCUT2D eigenvalue weighted by Gasteiger charge is -2.11. The van der Waals surface area contributed by atoms with E-state index in [-0.39, 0.29) is 0 Å². The van der Waals surface area contributed by atoms with Gasteiger partial charge in [-0.15, -0.1) is 0 Å². The Labute approximate surface area is 205 Å². The summed E-state index contributed by atoms with van der Waals surface area (Å²) in [6.07, 6.45) is 2.17. The molecule has 5 heteroatoms. The highest BCUT2D eigenvalue weighted by atomic mass is 15.2. The Kier molecular flexibility index (Phi) is 3.88. The fraction of sp³-hybridized carbons (Fsp3) is 0. The number of para-hydroxylation sites is 4. The minimum Gasteiger partial charge on any atom is -0.297 e. The van der Waals surface area contributed by atoms with Crippen LogP contribution in [0.3, 0.4) is 0 Å². The number of pyridine rings is 1. The zero-order valence-electron chi connectivity index (χ0n) is 19.2. The molecule has 0 saturated carbocycles. The number of nitrogens with zero attached hydrogens (tertiary/aromatic N) is 5. The molecule has 0 spiro atoms. The maximum atomic E-state index is 5.17. The average Bonchev–Trinajstić information content (AvgIpc) is 3.46. The summed E-state index contributed by atoms with van der Waals surface area (Å²) in [7, 11) is 0. The van der Waals surface area contributed by atoms with Crippen molar-refractivity contribution < 1.29 is 0 Å². The first-order valence-corrected chi connectivity index (χ1v) is 12.0. The smallest absolute Gasteiger partial charge is 0.235 e. The van der Waals surface area contributed by atoms with Crippen molar-refractivity contribution in [2.75, 3.05) is 0 Å². The molecule has 36 heavy (non-hydrogen) atoms. The Hall–Kier alpha value is -5.03. The van der Waals surface area contributed by atoms with Crippen molar-refractivity contribution in [2.24, 2.45) is 0 Å². The number of hydrogen-bond donors (Lipinski definition) is 0. The van der Waals surface area contributed by atoms with Crippen LogP contribution in [0, 0.1) is 0 Å². The van der Waals surface area contributed by atoms with E-state index in [1.807, 2.05) is 36.4 Å². The van der Waals surface area contributed by atoms with Gasteiger partial charge < -0.3 is 0 Å². The fourth-order valence-corrected chi connectivity index (χ4v) is 5.31. The van der Waals surface area contributed by atoms with Crippen LogP contribution < -0.4 is 0 Å². The van der Waals surface area contributed by atoms with Crippen LogP contribution in [0.5, 0.6) is 0 Å². The SMILES string of the molecule is c1ccc(-c2nc(-n3c4ccccc4c4cc5nc6ccccc6n5cc43)nc3ccccc23)cc1. The van der Waals surface area contributed by atoms with E-state index in [1.165, 1.54) is 0 Å². The third kappa shape index (κ3) is 2.68. The number of aromatic nitrogens is 5. The molecule has 0 N–H and O–H groups in total. The maximum absolute atomic E-state index is 5.17.